The smallest absolute Gasteiger partial charge is 0.177 e. The molecule has 0 atom stereocenters. The minimum atomic E-state index is -0.215. The van der Waals surface area contributed by atoms with Crippen LogP contribution in [-0.4, -0.2) is 13.9 Å². The molecule has 0 aliphatic carbocycles. The highest BCUT2D eigenvalue weighted by atomic mass is 79.9. The number of ether oxygens (including phenoxy) is 2. The molecule has 0 fully saturated rings. The summed E-state index contributed by atoms with van der Waals surface area (Å²) in [5, 5.41) is 20.0. The zero-order valence-corrected chi connectivity index (χ0v) is 14.0. The predicted molar refractivity (Wildman–Crippen MR) is 86.3 cm³/mol. The van der Waals surface area contributed by atoms with Crippen LogP contribution in [0.2, 0.25) is 0 Å². The molecule has 1 heterocycles. The van der Waals surface area contributed by atoms with Crippen LogP contribution in [0.1, 0.15) is 12.0 Å². The lowest BCUT2D eigenvalue weighted by molar-refractivity contribution is 0.340. The summed E-state index contributed by atoms with van der Waals surface area (Å²) in [7, 11) is 0. The lowest BCUT2D eigenvalue weighted by Crippen LogP contribution is -2.03. The van der Waals surface area contributed by atoms with Crippen molar-refractivity contribution in [3.8, 4) is 34.5 Å². The van der Waals surface area contributed by atoms with E-state index in [1.807, 2.05) is 12.1 Å². The van der Waals surface area contributed by atoms with E-state index in [2.05, 4.69) is 31.9 Å². The number of hydrogen-bond acceptors (Lipinski definition) is 4. The Hall–Kier alpha value is -1.40. The second kappa shape index (κ2) is 5.77. The van der Waals surface area contributed by atoms with Gasteiger partial charge in [-0.1, -0.05) is 44.0 Å². The van der Waals surface area contributed by atoms with Gasteiger partial charge in [0.05, 0.1) is 3.74 Å². The van der Waals surface area contributed by atoms with Gasteiger partial charge in [0, 0.05) is 11.6 Å². The van der Waals surface area contributed by atoms with Crippen molar-refractivity contribution in [3.63, 3.8) is 0 Å². The normalized spacial score (nSPS) is 12.3. The highest BCUT2D eigenvalue weighted by Gasteiger charge is 2.26. The zero-order valence-electron chi connectivity index (χ0n) is 10.8. The van der Waals surface area contributed by atoms with Crippen LogP contribution >= 0.6 is 31.9 Å². The van der Waals surface area contributed by atoms with Crippen LogP contribution in [0.4, 0.5) is 0 Å². The van der Waals surface area contributed by atoms with E-state index in [9.17, 15) is 10.2 Å². The predicted octanol–water partition coefficient (Wildman–Crippen LogP) is 5.04. The molecule has 0 spiro atoms. The third kappa shape index (κ3) is 2.82. The number of halogens is 2. The summed E-state index contributed by atoms with van der Waals surface area (Å²) >= 11 is 6.79. The van der Waals surface area contributed by atoms with Crippen molar-refractivity contribution in [2.75, 3.05) is 0 Å². The van der Waals surface area contributed by atoms with Gasteiger partial charge in [-0.2, -0.15) is 0 Å². The molecular weight excluding hydrogens is 404 g/mol. The van der Waals surface area contributed by atoms with Crippen molar-refractivity contribution >= 4 is 31.9 Å². The number of rotatable bonds is 3. The Morgan fingerprint density at radius 2 is 1.67 bits per heavy atom. The first-order valence-corrected chi connectivity index (χ1v) is 8.20. The Morgan fingerprint density at radius 1 is 1.00 bits per heavy atom. The van der Waals surface area contributed by atoms with Gasteiger partial charge >= 0.3 is 0 Å². The van der Waals surface area contributed by atoms with E-state index in [-0.39, 0.29) is 15.2 Å². The van der Waals surface area contributed by atoms with Crippen molar-refractivity contribution in [3.05, 3.63) is 35.9 Å². The van der Waals surface area contributed by atoms with Gasteiger partial charge in [-0.3, -0.25) is 0 Å². The second-order valence-electron chi connectivity index (χ2n) is 4.63. The first kappa shape index (κ1) is 14.5. The molecule has 1 aliphatic rings. The van der Waals surface area contributed by atoms with Gasteiger partial charge in [0.2, 0.25) is 0 Å². The minimum absolute atomic E-state index is 0.110. The van der Waals surface area contributed by atoms with Gasteiger partial charge in [0.25, 0.3) is 0 Å². The van der Waals surface area contributed by atoms with E-state index in [1.165, 1.54) is 6.07 Å². The Balaban J connectivity index is 2.04. The first-order valence-electron chi connectivity index (χ1n) is 6.37. The molecule has 0 amide bonds. The molecule has 0 aromatic heterocycles. The van der Waals surface area contributed by atoms with Gasteiger partial charge in [0.15, 0.2) is 34.5 Å². The Labute approximate surface area is 138 Å². The van der Waals surface area contributed by atoms with Crippen LogP contribution in [0.25, 0.3) is 0 Å². The summed E-state index contributed by atoms with van der Waals surface area (Å²) in [5.41, 5.74) is 0.531. The quantitative estimate of drug-likeness (QED) is 0.464. The minimum Gasteiger partial charge on any atom is -0.504 e. The van der Waals surface area contributed by atoms with Gasteiger partial charge < -0.3 is 19.7 Å². The average molecular weight is 416 g/mol. The fourth-order valence-corrected chi connectivity index (χ4v) is 2.65. The lowest BCUT2D eigenvalue weighted by Gasteiger charge is -2.23. The molecule has 6 heteroatoms. The number of benzene rings is 2. The number of alkyl halides is 2. The fourth-order valence-electron chi connectivity index (χ4n) is 2.19. The van der Waals surface area contributed by atoms with Crippen molar-refractivity contribution in [2.45, 2.75) is 16.6 Å². The topological polar surface area (TPSA) is 58.9 Å². The van der Waals surface area contributed by atoms with E-state index in [1.54, 1.807) is 12.1 Å². The lowest BCUT2D eigenvalue weighted by atomic mass is 10.1. The van der Waals surface area contributed by atoms with Gasteiger partial charge in [-0.05, 0) is 25.0 Å². The first-order chi connectivity index (χ1) is 10.1. The molecule has 0 unspecified atom stereocenters. The Kier molecular flexibility index (Phi) is 3.99. The number of fused-ring (bicyclic) bond motifs is 2. The van der Waals surface area contributed by atoms with Crippen LogP contribution < -0.4 is 9.47 Å². The van der Waals surface area contributed by atoms with Crippen LogP contribution in [0.15, 0.2) is 30.3 Å². The molecule has 2 aromatic rings. The molecule has 0 bridgehead atoms. The molecule has 21 heavy (non-hydrogen) atoms. The molecule has 0 saturated heterocycles. The highest BCUT2D eigenvalue weighted by molar-refractivity contribution is 9.24. The largest absolute Gasteiger partial charge is 0.504 e. The van der Waals surface area contributed by atoms with Crippen molar-refractivity contribution in [1.82, 2.24) is 0 Å². The summed E-state index contributed by atoms with van der Waals surface area (Å²) in [6.45, 7) is 0. The molecule has 2 N–H and O–H groups in total. The maximum Gasteiger partial charge on any atom is 0.177 e. The summed E-state index contributed by atoms with van der Waals surface area (Å²) in [5.74, 6) is 1.64. The molecule has 2 aromatic carbocycles. The van der Waals surface area contributed by atoms with E-state index in [4.69, 9.17) is 9.47 Å². The zero-order chi connectivity index (χ0) is 15.0. The summed E-state index contributed by atoms with van der Waals surface area (Å²) in [4.78, 5) is 0. The third-order valence-electron chi connectivity index (χ3n) is 3.19. The maximum atomic E-state index is 10.1. The Bertz CT molecular complexity index is 686. The molecule has 1 aliphatic heterocycles. The average Bonchev–Trinajstić information content (AvgIpc) is 2.46. The molecular formula is C15H12Br2O4. The molecule has 0 radical (unpaired) electrons. The Morgan fingerprint density at radius 3 is 2.33 bits per heavy atom. The molecule has 3 rings (SSSR count). The summed E-state index contributed by atoms with van der Waals surface area (Å²) in [6, 6.07) is 8.64. The number of hydrogen-bond donors (Lipinski definition) is 2. The maximum absolute atomic E-state index is 10.1. The molecule has 4 nitrogen and oxygen atoms in total. The van der Waals surface area contributed by atoms with Crippen LogP contribution in [0, 0.1) is 0 Å². The fraction of sp³-hybridized carbons (Fsp3) is 0.200. The highest BCUT2D eigenvalue weighted by Crippen LogP contribution is 2.52. The van der Waals surface area contributed by atoms with Crippen molar-refractivity contribution in [1.29, 1.82) is 0 Å². The van der Waals surface area contributed by atoms with Gasteiger partial charge in [0.1, 0.15) is 0 Å². The van der Waals surface area contributed by atoms with E-state index in [0.717, 1.165) is 0 Å². The SMILES string of the molecule is Oc1cc2c(c(CCC(Br)Br)c1O)Oc1ccccc1O2. The van der Waals surface area contributed by atoms with Gasteiger partial charge in [-0.15, -0.1) is 0 Å². The van der Waals surface area contributed by atoms with Crippen LogP contribution in [-0.2, 0) is 6.42 Å². The molecule has 0 saturated carbocycles. The van der Waals surface area contributed by atoms with E-state index >= 15 is 0 Å². The van der Waals surface area contributed by atoms with Gasteiger partial charge in [-0.25, -0.2) is 0 Å². The molecule has 110 valence electrons. The third-order valence-corrected chi connectivity index (χ3v) is 4.10. The van der Waals surface area contributed by atoms with E-state index < -0.39 is 0 Å². The van der Waals surface area contributed by atoms with E-state index in [0.29, 0.717) is 41.4 Å². The number of phenolic OH excluding ortho intramolecular Hbond substituents is 2. The summed E-state index contributed by atoms with van der Waals surface area (Å²) in [6.07, 6.45) is 1.24. The monoisotopic (exact) mass is 414 g/mol. The standard InChI is InChI=1S/C15H12Br2O4/c16-13(17)6-5-8-14(19)9(18)7-12-15(8)21-11-4-2-1-3-10(11)20-12/h1-4,7,13,18-19H,5-6H2. The second-order valence-corrected chi connectivity index (χ2v) is 8.07. The van der Waals surface area contributed by atoms with Crippen molar-refractivity contribution in [2.24, 2.45) is 0 Å². The van der Waals surface area contributed by atoms with Crippen molar-refractivity contribution < 1.29 is 19.7 Å². The number of para-hydroxylation sites is 2. The number of aromatic hydroxyl groups is 2. The van der Waals surface area contributed by atoms with Crippen LogP contribution in [0.5, 0.6) is 34.5 Å². The van der Waals surface area contributed by atoms with Crippen LogP contribution in [0.3, 0.4) is 0 Å². The summed E-state index contributed by atoms with van der Waals surface area (Å²) < 4.78 is 11.7. The number of phenols is 2.